The van der Waals surface area contributed by atoms with Gasteiger partial charge in [-0.15, -0.1) is 0 Å². The molecule has 0 aliphatic carbocycles. The lowest BCUT2D eigenvalue weighted by molar-refractivity contribution is 0.356. The SMILES string of the molecule is Cc1cc2c(c(CC3CCCCN3)c1O)CCO2. The van der Waals surface area contributed by atoms with Crippen molar-refractivity contribution in [3.05, 3.63) is 22.8 Å². The number of benzene rings is 1. The number of fused-ring (bicyclic) bond motifs is 1. The molecular formula is C15H21NO2. The Bertz CT molecular complexity index is 450. The minimum Gasteiger partial charge on any atom is -0.507 e. The van der Waals surface area contributed by atoms with Gasteiger partial charge in [0.05, 0.1) is 6.61 Å². The number of aryl methyl sites for hydroxylation is 1. The van der Waals surface area contributed by atoms with Gasteiger partial charge in [0.25, 0.3) is 0 Å². The third kappa shape index (κ3) is 2.07. The van der Waals surface area contributed by atoms with E-state index in [1.807, 2.05) is 13.0 Å². The standard InChI is InChI=1S/C15H21NO2/c1-10-8-14-12(5-7-18-14)13(15(10)17)9-11-4-2-3-6-16-11/h8,11,16-17H,2-7,9H2,1H3. The Morgan fingerprint density at radius 3 is 3.11 bits per heavy atom. The van der Waals surface area contributed by atoms with Crippen LogP contribution in [0.2, 0.25) is 0 Å². The van der Waals surface area contributed by atoms with E-state index in [1.165, 1.54) is 24.8 Å². The molecule has 0 saturated carbocycles. The lowest BCUT2D eigenvalue weighted by Gasteiger charge is -2.25. The van der Waals surface area contributed by atoms with E-state index >= 15 is 0 Å². The maximum Gasteiger partial charge on any atom is 0.123 e. The van der Waals surface area contributed by atoms with Crippen LogP contribution in [0, 0.1) is 6.92 Å². The Kier molecular flexibility index (Phi) is 3.16. The highest BCUT2D eigenvalue weighted by Gasteiger charge is 2.24. The predicted octanol–water partition coefficient (Wildman–Crippen LogP) is 2.32. The van der Waals surface area contributed by atoms with Gasteiger partial charge in [0.15, 0.2) is 0 Å². The van der Waals surface area contributed by atoms with E-state index in [0.29, 0.717) is 11.8 Å². The summed E-state index contributed by atoms with van der Waals surface area (Å²) in [7, 11) is 0. The number of hydrogen-bond acceptors (Lipinski definition) is 3. The summed E-state index contributed by atoms with van der Waals surface area (Å²) >= 11 is 0. The fraction of sp³-hybridized carbons (Fsp3) is 0.600. The Morgan fingerprint density at radius 2 is 2.33 bits per heavy atom. The van der Waals surface area contributed by atoms with Crippen molar-refractivity contribution in [1.82, 2.24) is 5.32 Å². The lowest BCUT2D eigenvalue weighted by Crippen LogP contribution is -2.35. The van der Waals surface area contributed by atoms with E-state index in [4.69, 9.17) is 4.74 Å². The van der Waals surface area contributed by atoms with E-state index in [9.17, 15) is 5.11 Å². The van der Waals surface area contributed by atoms with Crippen LogP contribution in [-0.4, -0.2) is 24.3 Å². The molecule has 2 heterocycles. The number of phenolic OH excluding ortho intramolecular Hbond substituents is 1. The Balaban J connectivity index is 1.90. The lowest BCUT2D eigenvalue weighted by atomic mass is 9.92. The van der Waals surface area contributed by atoms with Crippen LogP contribution in [0.15, 0.2) is 6.07 Å². The third-order valence-corrected chi connectivity index (χ3v) is 4.14. The second-order valence-electron chi connectivity index (χ2n) is 5.45. The second-order valence-corrected chi connectivity index (χ2v) is 5.45. The van der Waals surface area contributed by atoms with Crippen LogP contribution in [-0.2, 0) is 12.8 Å². The molecule has 1 aromatic rings. The molecule has 3 heteroatoms. The summed E-state index contributed by atoms with van der Waals surface area (Å²) in [5.41, 5.74) is 3.27. The fourth-order valence-electron chi connectivity index (χ4n) is 3.11. The van der Waals surface area contributed by atoms with E-state index in [-0.39, 0.29) is 0 Å². The van der Waals surface area contributed by atoms with Crippen LogP contribution in [0.1, 0.15) is 36.0 Å². The monoisotopic (exact) mass is 247 g/mol. The zero-order valence-corrected chi connectivity index (χ0v) is 11.0. The molecule has 0 spiro atoms. The van der Waals surface area contributed by atoms with E-state index in [2.05, 4.69) is 5.32 Å². The van der Waals surface area contributed by atoms with Crippen molar-refractivity contribution in [2.75, 3.05) is 13.2 Å². The van der Waals surface area contributed by atoms with Crippen molar-refractivity contribution in [1.29, 1.82) is 0 Å². The van der Waals surface area contributed by atoms with Crippen LogP contribution >= 0.6 is 0 Å². The van der Waals surface area contributed by atoms with Gasteiger partial charge in [-0.25, -0.2) is 0 Å². The van der Waals surface area contributed by atoms with Gasteiger partial charge in [-0.3, -0.25) is 0 Å². The molecule has 1 atom stereocenters. The normalized spacial score (nSPS) is 22.6. The highest BCUT2D eigenvalue weighted by Crippen LogP contribution is 2.37. The van der Waals surface area contributed by atoms with Crippen LogP contribution in [0.4, 0.5) is 0 Å². The number of nitrogens with one attached hydrogen (secondary N) is 1. The van der Waals surface area contributed by atoms with Gasteiger partial charge in [-0.2, -0.15) is 0 Å². The summed E-state index contributed by atoms with van der Waals surface area (Å²) in [6, 6.07) is 2.48. The molecule has 0 aromatic heterocycles. The van der Waals surface area contributed by atoms with Gasteiger partial charge < -0.3 is 15.2 Å². The summed E-state index contributed by atoms with van der Waals surface area (Å²) in [6.45, 7) is 3.81. The average molecular weight is 247 g/mol. The first-order valence-electron chi connectivity index (χ1n) is 6.96. The molecule has 18 heavy (non-hydrogen) atoms. The number of phenols is 1. The van der Waals surface area contributed by atoms with Crippen molar-refractivity contribution >= 4 is 0 Å². The average Bonchev–Trinajstić information content (AvgIpc) is 2.84. The van der Waals surface area contributed by atoms with Gasteiger partial charge in [-0.05, 0) is 44.4 Å². The molecule has 3 nitrogen and oxygen atoms in total. The van der Waals surface area contributed by atoms with Crippen molar-refractivity contribution in [2.24, 2.45) is 0 Å². The van der Waals surface area contributed by atoms with E-state index in [1.54, 1.807) is 0 Å². The molecule has 0 amide bonds. The number of ether oxygens (including phenoxy) is 1. The maximum atomic E-state index is 10.3. The fourth-order valence-corrected chi connectivity index (χ4v) is 3.11. The molecular weight excluding hydrogens is 226 g/mol. The first-order chi connectivity index (χ1) is 8.75. The smallest absolute Gasteiger partial charge is 0.123 e. The topological polar surface area (TPSA) is 41.5 Å². The largest absolute Gasteiger partial charge is 0.507 e. The number of rotatable bonds is 2. The zero-order chi connectivity index (χ0) is 12.5. The molecule has 1 saturated heterocycles. The van der Waals surface area contributed by atoms with Crippen molar-refractivity contribution in [3.8, 4) is 11.5 Å². The van der Waals surface area contributed by atoms with Crippen LogP contribution < -0.4 is 10.1 Å². The van der Waals surface area contributed by atoms with Gasteiger partial charge in [-0.1, -0.05) is 6.42 Å². The molecule has 98 valence electrons. The summed E-state index contributed by atoms with van der Waals surface area (Å²) in [5.74, 6) is 1.46. The Hall–Kier alpha value is -1.22. The third-order valence-electron chi connectivity index (χ3n) is 4.14. The number of piperidine rings is 1. The van der Waals surface area contributed by atoms with Crippen molar-refractivity contribution < 1.29 is 9.84 Å². The summed E-state index contributed by atoms with van der Waals surface area (Å²) < 4.78 is 5.63. The van der Waals surface area contributed by atoms with Crippen LogP contribution in [0.5, 0.6) is 11.5 Å². The first-order valence-corrected chi connectivity index (χ1v) is 6.96. The molecule has 0 bridgehead atoms. The molecule has 0 radical (unpaired) electrons. The molecule has 1 unspecified atom stereocenters. The summed E-state index contributed by atoms with van der Waals surface area (Å²) in [4.78, 5) is 0. The van der Waals surface area contributed by atoms with Crippen LogP contribution in [0.3, 0.4) is 0 Å². The number of hydrogen-bond donors (Lipinski definition) is 2. The molecule has 2 aliphatic heterocycles. The van der Waals surface area contributed by atoms with E-state index in [0.717, 1.165) is 42.9 Å². The molecule has 3 rings (SSSR count). The molecule has 1 fully saturated rings. The van der Waals surface area contributed by atoms with Gasteiger partial charge in [0.1, 0.15) is 11.5 Å². The van der Waals surface area contributed by atoms with Crippen molar-refractivity contribution in [3.63, 3.8) is 0 Å². The van der Waals surface area contributed by atoms with Crippen LogP contribution in [0.25, 0.3) is 0 Å². The summed E-state index contributed by atoms with van der Waals surface area (Å²) in [5, 5.41) is 13.9. The van der Waals surface area contributed by atoms with Crippen molar-refractivity contribution in [2.45, 2.75) is 45.1 Å². The van der Waals surface area contributed by atoms with Gasteiger partial charge in [0.2, 0.25) is 0 Å². The second kappa shape index (κ2) is 4.81. The van der Waals surface area contributed by atoms with Gasteiger partial charge in [0, 0.05) is 23.6 Å². The minimum atomic E-state index is 0.478. The molecule has 1 aromatic carbocycles. The quantitative estimate of drug-likeness (QED) is 0.842. The minimum absolute atomic E-state index is 0.478. The maximum absolute atomic E-state index is 10.3. The molecule has 2 N–H and O–H groups in total. The Morgan fingerprint density at radius 1 is 1.44 bits per heavy atom. The number of aromatic hydroxyl groups is 1. The first kappa shape index (κ1) is 11.8. The van der Waals surface area contributed by atoms with Gasteiger partial charge >= 0.3 is 0 Å². The van der Waals surface area contributed by atoms with E-state index < -0.39 is 0 Å². The highest BCUT2D eigenvalue weighted by atomic mass is 16.5. The zero-order valence-electron chi connectivity index (χ0n) is 11.0. The summed E-state index contributed by atoms with van der Waals surface area (Å²) in [6.07, 6.45) is 5.65. The highest BCUT2D eigenvalue weighted by molar-refractivity contribution is 5.54. The Labute approximate surface area is 108 Å². The molecule has 2 aliphatic rings. The predicted molar refractivity (Wildman–Crippen MR) is 71.4 cm³/mol.